The van der Waals surface area contributed by atoms with E-state index in [4.69, 9.17) is 9.47 Å². The second-order valence-corrected chi connectivity index (χ2v) is 10.4. The summed E-state index contributed by atoms with van der Waals surface area (Å²) in [5.74, 6) is 1.71. The maximum Gasteiger partial charge on any atom is 0.0643 e. The van der Waals surface area contributed by atoms with Gasteiger partial charge >= 0.3 is 0 Å². The minimum Gasteiger partial charge on any atom is -0.377 e. The topological polar surface area (TPSA) is 33.7 Å². The van der Waals surface area contributed by atoms with Crippen LogP contribution in [0.3, 0.4) is 0 Å². The predicted octanol–water partition coefficient (Wildman–Crippen LogP) is 4.13. The molecule has 4 saturated heterocycles. The van der Waals surface area contributed by atoms with Crippen molar-refractivity contribution in [2.75, 3.05) is 32.8 Å². The fraction of sp³-hybridized carbons (Fsp3) is 1.00. The Labute approximate surface area is 172 Å². The molecule has 6 fully saturated rings. The van der Waals surface area contributed by atoms with Gasteiger partial charge in [-0.15, -0.1) is 0 Å². The molecule has 4 nitrogen and oxygen atoms in total. The lowest BCUT2D eigenvalue weighted by atomic mass is 9.71. The first-order valence-corrected chi connectivity index (χ1v) is 12.6. The largest absolute Gasteiger partial charge is 0.377 e. The van der Waals surface area contributed by atoms with Gasteiger partial charge in [0.05, 0.1) is 31.5 Å². The molecule has 2 bridgehead atoms. The first-order valence-electron chi connectivity index (χ1n) is 12.6. The molecule has 4 atom stereocenters. The smallest absolute Gasteiger partial charge is 0.0643 e. The van der Waals surface area contributed by atoms with Crippen LogP contribution >= 0.6 is 0 Å². The van der Waals surface area contributed by atoms with Crippen molar-refractivity contribution in [2.45, 2.75) is 107 Å². The zero-order valence-electron chi connectivity index (χ0n) is 17.9. The van der Waals surface area contributed by atoms with Gasteiger partial charge in [-0.25, -0.2) is 0 Å². The van der Waals surface area contributed by atoms with Crippen molar-refractivity contribution in [3.05, 3.63) is 0 Å². The van der Waals surface area contributed by atoms with E-state index in [9.17, 15) is 0 Å². The fourth-order valence-corrected chi connectivity index (χ4v) is 7.39. The highest BCUT2D eigenvalue weighted by Gasteiger charge is 2.46. The highest BCUT2D eigenvalue weighted by molar-refractivity contribution is 5.04. The molecule has 2 aliphatic carbocycles. The molecule has 2 saturated carbocycles. The maximum absolute atomic E-state index is 6.65. The Morgan fingerprint density at radius 3 is 2.50 bits per heavy atom. The Morgan fingerprint density at radius 2 is 1.64 bits per heavy atom. The summed E-state index contributed by atoms with van der Waals surface area (Å²) in [4.78, 5) is 2.74. The molecular weight excluding hydrogens is 348 g/mol. The number of hydrogen-bond donors (Lipinski definition) is 1. The number of ether oxygens (including phenoxy) is 2. The summed E-state index contributed by atoms with van der Waals surface area (Å²) < 4.78 is 13.3. The Morgan fingerprint density at radius 1 is 0.786 bits per heavy atom. The fourth-order valence-electron chi connectivity index (χ4n) is 7.39. The van der Waals surface area contributed by atoms with Gasteiger partial charge in [-0.2, -0.15) is 0 Å². The van der Waals surface area contributed by atoms with E-state index in [1.165, 1.54) is 96.6 Å². The van der Waals surface area contributed by atoms with Gasteiger partial charge in [-0.1, -0.05) is 19.3 Å². The number of piperidine rings is 2. The van der Waals surface area contributed by atoms with Gasteiger partial charge in [-0.05, 0) is 89.1 Å². The third-order valence-corrected chi connectivity index (χ3v) is 8.95. The molecule has 28 heavy (non-hydrogen) atoms. The Kier molecular flexibility index (Phi) is 6.30. The standard InChI is InChI=1S/C24H42N2O2/c1-2-7-22-21(6-1)19-8-10-20(11-9-19)28-18-23-24(12-3-4-14-25-24)13-5-15-26(23)16-17-27-22/h19-23,25H,1-18H2/t19?,20?,21?,22?,23-,24-/m1/s1. The third-order valence-electron chi connectivity index (χ3n) is 8.95. The average molecular weight is 391 g/mol. The van der Waals surface area contributed by atoms with Gasteiger partial charge in [0.15, 0.2) is 0 Å². The Bertz CT molecular complexity index is 493. The molecule has 6 aliphatic rings. The molecule has 0 amide bonds. The van der Waals surface area contributed by atoms with Crippen LogP contribution in [0.1, 0.15) is 83.5 Å². The lowest BCUT2D eigenvalue weighted by Crippen LogP contribution is -2.67. The van der Waals surface area contributed by atoms with Crippen molar-refractivity contribution in [3.63, 3.8) is 0 Å². The van der Waals surface area contributed by atoms with Crippen molar-refractivity contribution in [1.29, 1.82) is 0 Å². The van der Waals surface area contributed by atoms with Gasteiger partial charge in [0.25, 0.3) is 0 Å². The van der Waals surface area contributed by atoms with E-state index in [2.05, 4.69) is 10.2 Å². The molecule has 0 aromatic heterocycles. The van der Waals surface area contributed by atoms with Crippen molar-refractivity contribution < 1.29 is 9.47 Å². The molecule has 1 spiro atoms. The summed E-state index contributed by atoms with van der Waals surface area (Å²) >= 11 is 0. The van der Waals surface area contributed by atoms with E-state index in [-0.39, 0.29) is 0 Å². The number of nitrogens with zero attached hydrogens (tertiary/aromatic N) is 1. The van der Waals surface area contributed by atoms with E-state index in [1.54, 1.807) is 0 Å². The summed E-state index contributed by atoms with van der Waals surface area (Å²) in [6, 6.07) is 0.533. The summed E-state index contributed by atoms with van der Waals surface area (Å²) in [5, 5.41) is 3.98. The average Bonchev–Trinajstić information content (AvgIpc) is 2.76. The van der Waals surface area contributed by atoms with Gasteiger partial charge < -0.3 is 14.8 Å². The summed E-state index contributed by atoms with van der Waals surface area (Å²) in [7, 11) is 0. The quantitative estimate of drug-likeness (QED) is 0.674. The molecule has 4 heteroatoms. The zero-order valence-corrected chi connectivity index (χ0v) is 17.9. The van der Waals surface area contributed by atoms with Crippen molar-refractivity contribution >= 4 is 0 Å². The zero-order chi connectivity index (χ0) is 18.8. The van der Waals surface area contributed by atoms with E-state index in [0.29, 0.717) is 23.8 Å². The van der Waals surface area contributed by atoms with E-state index in [0.717, 1.165) is 31.6 Å². The molecule has 2 unspecified atom stereocenters. The van der Waals surface area contributed by atoms with Crippen LogP contribution in [0.15, 0.2) is 0 Å². The van der Waals surface area contributed by atoms with Crippen LogP contribution in [0.4, 0.5) is 0 Å². The van der Waals surface area contributed by atoms with Crippen LogP contribution in [0.2, 0.25) is 0 Å². The molecule has 1 N–H and O–H groups in total. The van der Waals surface area contributed by atoms with Crippen molar-refractivity contribution in [1.82, 2.24) is 10.2 Å². The highest BCUT2D eigenvalue weighted by Crippen LogP contribution is 2.41. The van der Waals surface area contributed by atoms with Crippen LogP contribution in [0, 0.1) is 11.8 Å². The van der Waals surface area contributed by atoms with Crippen molar-refractivity contribution in [2.24, 2.45) is 11.8 Å². The van der Waals surface area contributed by atoms with Crippen LogP contribution < -0.4 is 5.32 Å². The first-order chi connectivity index (χ1) is 13.8. The van der Waals surface area contributed by atoms with Crippen LogP contribution in [-0.2, 0) is 9.47 Å². The number of nitrogens with one attached hydrogen (secondary N) is 1. The molecule has 0 aromatic rings. The normalized spacial score (nSPS) is 46.1. The Hall–Kier alpha value is -0.160. The monoisotopic (exact) mass is 390 g/mol. The maximum atomic E-state index is 6.65. The van der Waals surface area contributed by atoms with E-state index < -0.39 is 0 Å². The van der Waals surface area contributed by atoms with Crippen LogP contribution in [-0.4, -0.2) is 61.5 Å². The SMILES string of the molecule is C1CC[C@]2(CCCN3CCOC4CCCCC4C4CCC(CC4)OC[C@@H]32)NC1. The van der Waals surface area contributed by atoms with Crippen LogP contribution in [0.5, 0.6) is 0 Å². The lowest BCUT2D eigenvalue weighted by molar-refractivity contribution is -0.0650. The van der Waals surface area contributed by atoms with Crippen molar-refractivity contribution in [3.8, 4) is 0 Å². The predicted molar refractivity (Wildman–Crippen MR) is 113 cm³/mol. The number of fused-ring (bicyclic) bond motifs is 5. The second kappa shape index (κ2) is 8.91. The molecule has 6 rings (SSSR count). The molecule has 4 heterocycles. The summed E-state index contributed by atoms with van der Waals surface area (Å²) in [6.45, 7) is 5.35. The highest BCUT2D eigenvalue weighted by atomic mass is 16.5. The summed E-state index contributed by atoms with van der Waals surface area (Å²) in [5.41, 5.74) is 0.293. The van der Waals surface area contributed by atoms with Gasteiger partial charge in [-0.3, -0.25) is 4.90 Å². The minimum atomic E-state index is 0.293. The minimum absolute atomic E-state index is 0.293. The first kappa shape index (κ1) is 19.8. The molecule has 0 radical (unpaired) electrons. The van der Waals surface area contributed by atoms with Gasteiger partial charge in [0, 0.05) is 12.1 Å². The third kappa shape index (κ3) is 4.04. The van der Waals surface area contributed by atoms with Gasteiger partial charge in [0.1, 0.15) is 0 Å². The molecule has 0 aromatic carbocycles. The lowest BCUT2D eigenvalue weighted by Gasteiger charge is -2.52. The Balaban J connectivity index is 1.34. The molecule has 160 valence electrons. The number of hydrogen-bond acceptors (Lipinski definition) is 4. The van der Waals surface area contributed by atoms with Gasteiger partial charge in [0.2, 0.25) is 0 Å². The second-order valence-electron chi connectivity index (χ2n) is 10.4. The van der Waals surface area contributed by atoms with Crippen LogP contribution in [0.25, 0.3) is 0 Å². The van der Waals surface area contributed by atoms with E-state index in [1.807, 2.05) is 0 Å². The summed E-state index contributed by atoms with van der Waals surface area (Å²) in [6.07, 6.45) is 18.5. The van der Waals surface area contributed by atoms with E-state index >= 15 is 0 Å². The number of rotatable bonds is 0. The molecular formula is C24H42N2O2. The molecule has 4 aliphatic heterocycles.